The van der Waals surface area contributed by atoms with Crippen LogP contribution in [0.3, 0.4) is 0 Å². The van der Waals surface area contributed by atoms with Crippen molar-refractivity contribution in [2.75, 3.05) is 13.2 Å². The highest BCUT2D eigenvalue weighted by molar-refractivity contribution is 7.80. The maximum absolute atomic E-state index is 12.1. The second-order valence-corrected chi connectivity index (χ2v) is 6.11. The van der Waals surface area contributed by atoms with Crippen LogP contribution in [0.25, 0.3) is 0 Å². The molecule has 2 amide bonds. The van der Waals surface area contributed by atoms with E-state index in [0.717, 1.165) is 6.42 Å². The summed E-state index contributed by atoms with van der Waals surface area (Å²) in [4.78, 5) is 23.9. The fourth-order valence-electron chi connectivity index (χ4n) is 2.21. The average Bonchev–Trinajstić information content (AvgIpc) is 2.71. The molecule has 2 aromatic carbocycles. The van der Waals surface area contributed by atoms with Gasteiger partial charge in [-0.1, -0.05) is 19.1 Å². The molecule has 0 spiro atoms. The van der Waals surface area contributed by atoms with Gasteiger partial charge in [-0.05, 0) is 67.5 Å². The summed E-state index contributed by atoms with van der Waals surface area (Å²) in [6.45, 7) is 4.31. The monoisotopic (exact) mass is 401 g/mol. The summed E-state index contributed by atoms with van der Waals surface area (Å²) in [7, 11) is 0. The second-order valence-electron chi connectivity index (χ2n) is 5.70. The molecule has 7 nitrogen and oxygen atoms in total. The molecule has 0 aromatic heterocycles. The molecule has 0 fully saturated rings. The number of hydrazine groups is 1. The largest absolute Gasteiger partial charge is 0.494 e. The lowest BCUT2D eigenvalue weighted by molar-refractivity contribution is -0.123. The first-order valence-electron chi connectivity index (χ1n) is 8.86. The van der Waals surface area contributed by atoms with Crippen LogP contribution in [0.15, 0.2) is 48.5 Å². The number of hydrogen-bond donors (Lipinski definition) is 3. The molecule has 0 saturated heterocycles. The van der Waals surface area contributed by atoms with Gasteiger partial charge < -0.3 is 9.47 Å². The van der Waals surface area contributed by atoms with Gasteiger partial charge in [-0.2, -0.15) is 0 Å². The minimum Gasteiger partial charge on any atom is -0.494 e. The molecule has 0 bridgehead atoms. The van der Waals surface area contributed by atoms with Crippen LogP contribution in [0.2, 0.25) is 0 Å². The topological polar surface area (TPSA) is 88.7 Å². The summed E-state index contributed by atoms with van der Waals surface area (Å²) < 4.78 is 10.7. The van der Waals surface area contributed by atoms with E-state index >= 15 is 0 Å². The highest BCUT2D eigenvalue weighted by Crippen LogP contribution is 2.12. The Labute approximate surface area is 169 Å². The van der Waals surface area contributed by atoms with Gasteiger partial charge in [0.05, 0.1) is 6.61 Å². The summed E-state index contributed by atoms with van der Waals surface area (Å²) in [6, 6.07) is 14.1. The number of ether oxygens (including phenoxy) is 2. The van der Waals surface area contributed by atoms with Crippen LogP contribution in [0.1, 0.15) is 29.8 Å². The third-order valence-electron chi connectivity index (χ3n) is 3.67. The molecule has 0 aliphatic carbocycles. The molecule has 28 heavy (non-hydrogen) atoms. The first kappa shape index (κ1) is 21.2. The molecule has 0 aliphatic heterocycles. The van der Waals surface area contributed by atoms with E-state index in [2.05, 4.69) is 23.1 Å². The van der Waals surface area contributed by atoms with E-state index in [1.807, 2.05) is 19.1 Å². The summed E-state index contributed by atoms with van der Waals surface area (Å²) >= 11 is 5.00. The van der Waals surface area contributed by atoms with E-state index in [1.165, 1.54) is 5.56 Å². The Morgan fingerprint density at radius 1 is 0.893 bits per heavy atom. The van der Waals surface area contributed by atoms with E-state index < -0.39 is 11.8 Å². The van der Waals surface area contributed by atoms with E-state index in [0.29, 0.717) is 23.7 Å². The number of benzene rings is 2. The van der Waals surface area contributed by atoms with Crippen LogP contribution >= 0.6 is 12.2 Å². The van der Waals surface area contributed by atoms with Gasteiger partial charge in [0.1, 0.15) is 11.5 Å². The van der Waals surface area contributed by atoms with Gasteiger partial charge >= 0.3 is 0 Å². The standard InChI is InChI=1S/C20H23N3O4S/c1-3-14-5-9-17(10-6-14)27-13-18(24)22-23-20(28)21-19(25)15-7-11-16(12-8-15)26-4-2/h5-12H,3-4,13H2,1-2H3,(H,22,24)(H2,21,23,25,28). The number of nitrogens with one attached hydrogen (secondary N) is 3. The van der Waals surface area contributed by atoms with E-state index in [9.17, 15) is 9.59 Å². The van der Waals surface area contributed by atoms with Crippen molar-refractivity contribution in [3.05, 3.63) is 59.7 Å². The van der Waals surface area contributed by atoms with E-state index in [-0.39, 0.29) is 11.7 Å². The fourth-order valence-corrected chi connectivity index (χ4v) is 2.35. The van der Waals surface area contributed by atoms with Gasteiger partial charge in [-0.25, -0.2) is 0 Å². The van der Waals surface area contributed by atoms with E-state index in [4.69, 9.17) is 21.7 Å². The molecule has 2 aromatic rings. The Morgan fingerprint density at radius 3 is 2.11 bits per heavy atom. The fraction of sp³-hybridized carbons (Fsp3) is 0.250. The third kappa shape index (κ3) is 6.88. The van der Waals surface area contributed by atoms with Crippen LogP contribution in [-0.4, -0.2) is 30.1 Å². The smallest absolute Gasteiger partial charge is 0.276 e. The van der Waals surface area contributed by atoms with Crippen molar-refractivity contribution in [2.45, 2.75) is 20.3 Å². The Morgan fingerprint density at radius 2 is 1.50 bits per heavy atom. The highest BCUT2D eigenvalue weighted by atomic mass is 32.1. The number of aryl methyl sites for hydroxylation is 1. The van der Waals surface area contributed by atoms with Crippen molar-refractivity contribution in [3.8, 4) is 11.5 Å². The number of carbonyl (C=O) groups excluding carboxylic acids is 2. The number of hydrogen-bond acceptors (Lipinski definition) is 5. The van der Waals surface area contributed by atoms with Crippen LogP contribution in [0, 0.1) is 0 Å². The zero-order chi connectivity index (χ0) is 20.4. The van der Waals surface area contributed by atoms with Gasteiger partial charge in [0.25, 0.3) is 11.8 Å². The molecule has 8 heteroatoms. The van der Waals surface area contributed by atoms with Crippen LogP contribution in [0.5, 0.6) is 11.5 Å². The van der Waals surface area contributed by atoms with Crippen molar-refractivity contribution in [1.82, 2.24) is 16.2 Å². The lowest BCUT2D eigenvalue weighted by atomic mass is 10.2. The Kier molecular flexibility index (Phi) is 8.23. The number of carbonyl (C=O) groups is 2. The highest BCUT2D eigenvalue weighted by Gasteiger charge is 2.09. The Balaban J connectivity index is 1.71. The normalized spacial score (nSPS) is 9.93. The van der Waals surface area contributed by atoms with Crippen molar-refractivity contribution >= 4 is 29.1 Å². The number of rotatable bonds is 7. The SMILES string of the molecule is CCOc1ccc(C(=O)NC(=S)NNC(=O)COc2ccc(CC)cc2)cc1. The molecule has 0 saturated carbocycles. The molecule has 0 radical (unpaired) electrons. The Hall–Kier alpha value is -3.13. The van der Waals surface area contributed by atoms with Gasteiger partial charge in [0.15, 0.2) is 11.7 Å². The Bertz CT molecular complexity index is 807. The molecule has 2 rings (SSSR count). The lowest BCUT2D eigenvalue weighted by Gasteiger charge is -2.12. The second kappa shape index (κ2) is 10.9. The predicted octanol–water partition coefficient (Wildman–Crippen LogP) is 2.36. The van der Waals surface area contributed by atoms with Crippen LogP contribution in [0.4, 0.5) is 0 Å². The van der Waals surface area contributed by atoms with Crippen molar-refractivity contribution in [3.63, 3.8) is 0 Å². The molecule has 0 heterocycles. The summed E-state index contributed by atoms with van der Waals surface area (Å²) in [5.74, 6) is 0.439. The molecule has 3 N–H and O–H groups in total. The van der Waals surface area contributed by atoms with Crippen LogP contribution < -0.4 is 25.6 Å². The molecule has 0 aliphatic rings. The minimum absolute atomic E-state index is 0.0282. The molecule has 0 atom stereocenters. The van der Waals surface area contributed by atoms with Crippen molar-refractivity contribution < 1.29 is 19.1 Å². The predicted molar refractivity (Wildman–Crippen MR) is 110 cm³/mol. The number of amides is 2. The molecular weight excluding hydrogens is 378 g/mol. The maximum atomic E-state index is 12.1. The molecular formula is C20H23N3O4S. The number of thiocarbonyl (C=S) groups is 1. The van der Waals surface area contributed by atoms with E-state index in [1.54, 1.807) is 36.4 Å². The molecule has 0 unspecified atom stereocenters. The van der Waals surface area contributed by atoms with Gasteiger partial charge in [0, 0.05) is 5.56 Å². The third-order valence-corrected chi connectivity index (χ3v) is 3.88. The van der Waals surface area contributed by atoms with Gasteiger partial charge in [0.2, 0.25) is 0 Å². The van der Waals surface area contributed by atoms with Gasteiger partial charge in [-0.3, -0.25) is 25.8 Å². The lowest BCUT2D eigenvalue weighted by Crippen LogP contribution is -2.49. The minimum atomic E-state index is -0.433. The maximum Gasteiger partial charge on any atom is 0.276 e. The first-order chi connectivity index (χ1) is 13.5. The first-order valence-corrected chi connectivity index (χ1v) is 9.27. The quantitative estimate of drug-likeness (QED) is 0.488. The van der Waals surface area contributed by atoms with Gasteiger partial charge in [-0.15, -0.1) is 0 Å². The summed E-state index contributed by atoms with van der Waals surface area (Å²) in [5.41, 5.74) is 6.43. The average molecular weight is 401 g/mol. The van der Waals surface area contributed by atoms with Crippen molar-refractivity contribution in [1.29, 1.82) is 0 Å². The zero-order valence-electron chi connectivity index (χ0n) is 15.8. The van der Waals surface area contributed by atoms with Crippen LogP contribution in [-0.2, 0) is 11.2 Å². The summed E-state index contributed by atoms with van der Waals surface area (Å²) in [5, 5.41) is 2.45. The zero-order valence-corrected chi connectivity index (χ0v) is 16.6. The van der Waals surface area contributed by atoms with Crippen molar-refractivity contribution in [2.24, 2.45) is 0 Å². The summed E-state index contributed by atoms with van der Waals surface area (Å²) in [6.07, 6.45) is 0.935. The molecule has 148 valence electrons.